The van der Waals surface area contributed by atoms with Crippen LogP contribution < -0.4 is 5.32 Å². The van der Waals surface area contributed by atoms with E-state index in [-0.39, 0.29) is 5.56 Å². The lowest BCUT2D eigenvalue weighted by molar-refractivity contribution is 0.589. The normalized spacial score (nSPS) is 15.4. The highest BCUT2D eigenvalue weighted by molar-refractivity contribution is 5.77. The molecule has 1 aliphatic carbocycles. The summed E-state index contributed by atoms with van der Waals surface area (Å²) in [4.78, 5) is 4.47. The van der Waals surface area contributed by atoms with E-state index in [2.05, 4.69) is 10.3 Å². The van der Waals surface area contributed by atoms with E-state index in [0.717, 1.165) is 12.8 Å². The minimum atomic E-state index is -0.595. The Morgan fingerprint density at radius 1 is 1.00 bits per heavy atom. The van der Waals surface area contributed by atoms with Crippen LogP contribution in [0.3, 0.4) is 0 Å². The monoisotopic (exact) mass is 313 g/mol. The van der Waals surface area contributed by atoms with Gasteiger partial charge >= 0.3 is 0 Å². The van der Waals surface area contributed by atoms with Crippen molar-refractivity contribution in [1.82, 2.24) is 9.38 Å². The van der Waals surface area contributed by atoms with E-state index in [1.165, 1.54) is 31.0 Å². The number of imidazole rings is 1. The predicted molar refractivity (Wildman–Crippen MR) is 86.4 cm³/mol. The van der Waals surface area contributed by atoms with Gasteiger partial charge in [-0.25, -0.2) is 13.8 Å². The maximum atomic E-state index is 14.2. The van der Waals surface area contributed by atoms with Crippen molar-refractivity contribution in [3.63, 3.8) is 0 Å². The third kappa shape index (κ3) is 2.46. The van der Waals surface area contributed by atoms with Crippen LogP contribution in [0.2, 0.25) is 0 Å². The molecule has 0 amide bonds. The van der Waals surface area contributed by atoms with Gasteiger partial charge in [-0.2, -0.15) is 0 Å². The minimum absolute atomic E-state index is 0.0725. The van der Waals surface area contributed by atoms with Gasteiger partial charge in [-0.3, -0.25) is 4.40 Å². The Hall–Kier alpha value is -2.43. The Kier molecular flexibility index (Phi) is 3.48. The highest BCUT2D eigenvalue weighted by Crippen LogP contribution is 2.34. The van der Waals surface area contributed by atoms with Gasteiger partial charge in [-0.05, 0) is 37.1 Å². The Morgan fingerprint density at radius 2 is 1.74 bits per heavy atom. The second-order valence-corrected chi connectivity index (χ2v) is 5.96. The first-order valence-corrected chi connectivity index (χ1v) is 7.92. The Labute approximate surface area is 133 Å². The molecule has 0 aliphatic heterocycles. The molecular weight excluding hydrogens is 296 g/mol. The smallest absolute Gasteiger partial charge is 0.139 e. The Balaban J connectivity index is 1.91. The van der Waals surface area contributed by atoms with Gasteiger partial charge in [-0.15, -0.1) is 0 Å². The zero-order chi connectivity index (χ0) is 15.8. The van der Waals surface area contributed by atoms with E-state index in [1.807, 2.05) is 28.8 Å². The van der Waals surface area contributed by atoms with E-state index >= 15 is 0 Å². The average Bonchev–Trinajstić information content (AvgIpc) is 3.17. The minimum Gasteiger partial charge on any atom is -0.367 e. The number of aromatic nitrogens is 2. The van der Waals surface area contributed by atoms with Crippen molar-refractivity contribution in [2.75, 3.05) is 5.32 Å². The molecule has 0 radical (unpaired) electrons. The van der Waals surface area contributed by atoms with Crippen molar-refractivity contribution in [2.24, 2.45) is 0 Å². The lowest BCUT2D eigenvalue weighted by atomic mass is 10.1. The van der Waals surface area contributed by atoms with Crippen LogP contribution in [-0.2, 0) is 0 Å². The van der Waals surface area contributed by atoms with Crippen LogP contribution in [0.25, 0.3) is 16.9 Å². The highest BCUT2D eigenvalue weighted by atomic mass is 19.1. The Morgan fingerprint density at radius 3 is 2.48 bits per heavy atom. The standard InChI is InChI=1S/C18H17F2N3/c19-13-8-5-9-14(20)16(13)17-18(21-12-6-1-2-7-12)23-11-4-3-10-15(23)22-17/h3-5,8-12,21H,1-2,6-7H2. The molecule has 0 bridgehead atoms. The topological polar surface area (TPSA) is 29.3 Å². The van der Waals surface area contributed by atoms with Gasteiger partial charge < -0.3 is 5.32 Å². The van der Waals surface area contributed by atoms with E-state index < -0.39 is 11.6 Å². The van der Waals surface area contributed by atoms with Crippen molar-refractivity contribution in [1.29, 1.82) is 0 Å². The molecule has 4 rings (SSSR count). The molecule has 2 heterocycles. The average molecular weight is 313 g/mol. The fourth-order valence-corrected chi connectivity index (χ4v) is 3.30. The molecule has 0 spiro atoms. The largest absolute Gasteiger partial charge is 0.367 e. The summed E-state index contributed by atoms with van der Waals surface area (Å²) in [6, 6.07) is 9.81. The summed E-state index contributed by atoms with van der Waals surface area (Å²) in [5, 5.41) is 3.45. The van der Waals surface area contributed by atoms with Gasteiger partial charge in [0.1, 0.15) is 28.8 Å². The van der Waals surface area contributed by atoms with Crippen LogP contribution in [0.5, 0.6) is 0 Å². The molecule has 1 aromatic carbocycles. The van der Waals surface area contributed by atoms with Crippen LogP contribution in [0.15, 0.2) is 42.6 Å². The number of hydrogen-bond donors (Lipinski definition) is 1. The molecule has 5 heteroatoms. The summed E-state index contributed by atoms with van der Waals surface area (Å²) < 4.78 is 30.3. The van der Waals surface area contributed by atoms with E-state index in [4.69, 9.17) is 0 Å². The van der Waals surface area contributed by atoms with Crippen molar-refractivity contribution >= 4 is 11.5 Å². The van der Waals surface area contributed by atoms with E-state index in [0.29, 0.717) is 23.2 Å². The van der Waals surface area contributed by atoms with Crippen molar-refractivity contribution < 1.29 is 8.78 Å². The van der Waals surface area contributed by atoms with E-state index in [9.17, 15) is 8.78 Å². The van der Waals surface area contributed by atoms with Gasteiger partial charge in [0.25, 0.3) is 0 Å². The van der Waals surface area contributed by atoms with Crippen molar-refractivity contribution in [3.05, 3.63) is 54.2 Å². The molecule has 118 valence electrons. The number of anilines is 1. The van der Waals surface area contributed by atoms with Gasteiger partial charge in [0.05, 0.1) is 5.56 Å². The number of nitrogens with one attached hydrogen (secondary N) is 1. The predicted octanol–water partition coefficient (Wildman–Crippen LogP) is 4.63. The number of fused-ring (bicyclic) bond motifs is 1. The fourth-order valence-electron chi connectivity index (χ4n) is 3.30. The molecule has 0 atom stereocenters. The first-order valence-electron chi connectivity index (χ1n) is 7.92. The van der Waals surface area contributed by atoms with Crippen molar-refractivity contribution in [3.8, 4) is 11.3 Å². The number of benzene rings is 1. The van der Waals surface area contributed by atoms with Gasteiger partial charge in [-0.1, -0.05) is 25.0 Å². The first kappa shape index (κ1) is 14.2. The summed E-state index contributed by atoms with van der Waals surface area (Å²) in [5.74, 6) is -0.526. The zero-order valence-corrected chi connectivity index (χ0v) is 12.6. The highest BCUT2D eigenvalue weighted by Gasteiger charge is 2.23. The summed E-state index contributed by atoms with van der Waals surface area (Å²) >= 11 is 0. The number of halogens is 2. The zero-order valence-electron chi connectivity index (χ0n) is 12.6. The number of hydrogen-bond acceptors (Lipinski definition) is 2. The second kappa shape index (κ2) is 5.65. The molecule has 3 nitrogen and oxygen atoms in total. The molecule has 2 aromatic heterocycles. The van der Waals surface area contributed by atoms with E-state index in [1.54, 1.807) is 0 Å². The molecule has 0 unspecified atom stereocenters. The van der Waals surface area contributed by atoms with Gasteiger partial charge in [0, 0.05) is 12.2 Å². The van der Waals surface area contributed by atoms with Crippen LogP contribution in [0.1, 0.15) is 25.7 Å². The van der Waals surface area contributed by atoms with Crippen LogP contribution in [0, 0.1) is 11.6 Å². The molecule has 1 aliphatic rings. The van der Waals surface area contributed by atoms with Crippen LogP contribution >= 0.6 is 0 Å². The van der Waals surface area contributed by atoms with Crippen LogP contribution in [-0.4, -0.2) is 15.4 Å². The Bertz CT molecular complexity index is 830. The molecule has 1 fully saturated rings. The second-order valence-electron chi connectivity index (χ2n) is 5.96. The summed E-state index contributed by atoms with van der Waals surface area (Å²) in [6.45, 7) is 0. The number of nitrogens with zero attached hydrogens (tertiary/aromatic N) is 2. The first-order chi connectivity index (χ1) is 11.2. The lowest BCUT2D eigenvalue weighted by Gasteiger charge is -2.15. The molecule has 3 aromatic rings. The summed E-state index contributed by atoms with van der Waals surface area (Å²) in [5.41, 5.74) is 0.932. The van der Waals surface area contributed by atoms with Crippen LogP contribution in [0.4, 0.5) is 14.6 Å². The third-order valence-corrected chi connectivity index (χ3v) is 4.43. The maximum absolute atomic E-state index is 14.2. The van der Waals surface area contributed by atoms with Gasteiger partial charge in [0.2, 0.25) is 0 Å². The summed E-state index contributed by atoms with van der Waals surface area (Å²) in [6.07, 6.45) is 6.36. The lowest BCUT2D eigenvalue weighted by Crippen LogP contribution is -2.16. The number of rotatable bonds is 3. The number of pyridine rings is 1. The third-order valence-electron chi connectivity index (χ3n) is 4.43. The summed E-state index contributed by atoms with van der Waals surface area (Å²) in [7, 11) is 0. The maximum Gasteiger partial charge on any atom is 0.139 e. The molecule has 1 saturated carbocycles. The molecule has 1 N–H and O–H groups in total. The fraction of sp³-hybridized carbons (Fsp3) is 0.278. The van der Waals surface area contributed by atoms with Gasteiger partial charge in [0.15, 0.2) is 0 Å². The molecular formula is C18H17F2N3. The molecule has 23 heavy (non-hydrogen) atoms. The van der Waals surface area contributed by atoms with Crippen molar-refractivity contribution in [2.45, 2.75) is 31.7 Å². The SMILES string of the molecule is Fc1cccc(F)c1-c1nc2ccccn2c1NC1CCCC1. The molecule has 0 saturated heterocycles. The quantitative estimate of drug-likeness (QED) is 0.763.